The number of rotatable bonds is 9. The maximum Gasteiger partial charge on any atom is 0.222 e. The normalized spacial score (nSPS) is 20.5. The number of ether oxygens (including phenoxy) is 2. The van der Waals surface area contributed by atoms with Gasteiger partial charge in [-0.05, 0) is 49.1 Å². The second kappa shape index (κ2) is 11.1. The second-order valence-corrected chi connectivity index (χ2v) is 9.43. The summed E-state index contributed by atoms with van der Waals surface area (Å²) in [5.41, 5.74) is 1.01. The Kier molecular flexibility index (Phi) is 7.90. The van der Waals surface area contributed by atoms with Gasteiger partial charge in [0.15, 0.2) is 0 Å². The second-order valence-electron chi connectivity index (χ2n) is 9.43. The number of methoxy groups -OCH3 is 2. The van der Waals surface area contributed by atoms with Crippen LogP contribution in [0.5, 0.6) is 11.5 Å². The molecular weight excluding hydrogens is 449 g/mol. The molecule has 0 saturated carbocycles. The summed E-state index contributed by atoms with van der Waals surface area (Å²) in [5, 5.41) is 3.05. The standard InChI is InChI=1S/C27H34FN3O4/c1-34-22-7-8-23(28)21(17-22)18-27(11-9-25(32)29-27)12-10-26(33)31-15-13-30(14-16-31)19-20-5-3-4-6-24(20)35-2/h3-8,17H,9-16,18-19H2,1-2H3,(H,29,32). The summed E-state index contributed by atoms with van der Waals surface area (Å²) in [6.07, 6.45) is 2.11. The van der Waals surface area contributed by atoms with E-state index in [-0.39, 0.29) is 17.6 Å². The third-order valence-electron chi connectivity index (χ3n) is 7.15. The van der Waals surface area contributed by atoms with E-state index in [1.165, 1.54) is 6.07 Å². The SMILES string of the molecule is COc1ccc(F)c(CC2(CCC(=O)N3CCN(Cc4ccccc4OC)CC3)CCC(=O)N2)c1. The van der Waals surface area contributed by atoms with Gasteiger partial charge in [-0.3, -0.25) is 14.5 Å². The van der Waals surface area contributed by atoms with Gasteiger partial charge >= 0.3 is 0 Å². The molecule has 35 heavy (non-hydrogen) atoms. The fourth-order valence-electron chi connectivity index (χ4n) is 5.09. The number of carbonyl (C=O) groups is 2. The first-order valence-corrected chi connectivity index (χ1v) is 12.2. The molecule has 2 fully saturated rings. The van der Waals surface area contributed by atoms with Crippen molar-refractivity contribution in [1.82, 2.24) is 15.1 Å². The predicted octanol–water partition coefficient (Wildman–Crippen LogP) is 3.16. The Hall–Kier alpha value is -3.13. The Balaban J connectivity index is 1.33. The Morgan fingerprint density at radius 3 is 2.51 bits per heavy atom. The number of halogens is 1. The maximum atomic E-state index is 14.5. The van der Waals surface area contributed by atoms with E-state index in [1.54, 1.807) is 26.4 Å². The zero-order chi connectivity index (χ0) is 24.8. The van der Waals surface area contributed by atoms with Crippen molar-refractivity contribution in [2.45, 2.75) is 44.2 Å². The fraction of sp³-hybridized carbons (Fsp3) is 0.481. The first-order valence-electron chi connectivity index (χ1n) is 12.2. The molecule has 0 bridgehead atoms. The lowest BCUT2D eigenvalue weighted by Gasteiger charge is -2.36. The van der Waals surface area contributed by atoms with Crippen molar-refractivity contribution in [3.05, 3.63) is 59.4 Å². The lowest BCUT2D eigenvalue weighted by molar-refractivity contribution is -0.133. The molecule has 0 aromatic heterocycles. The van der Waals surface area contributed by atoms with Gasteiger partial charge in [-0.25, -0.2) is 4.39 Å². The highest BCUT2D eigenvalue weighted by Gasteiger charge is 2.39. The first kappa shape index (κ1) is 25.0. The number of carbonyl (C=O) groups excluding carboxylic acids is 2. The molecule has 2 aliphatic heterocycles. The highest BCUT2D eigenvalue weighted by atomic mass is 19.1. The molecule has 188 valence electrons. The summed E-state index contributed by atoms with van der Waals surface area (Å²) in [6.45, 7) is 3.70. The number of hydrogen-bond acceptors (Lipinski definition) is 5. The number of amides is 2. The smallest absolute Gasteiger partial charge is 0.222 e. The molecule has 2 aliphatic rings. The van der Waals surface area contributed by atoms with Crippen LogP contribution in [0.15, 0.2) is 42.5 Å². The van der Waals surface area contributed by atoms with E-state index in [4.69, 9.17) is 9.47 Å². The molecule has 0 aliphatic carbocycles. The van der Waals surface area contributed by atoms with Crippen LogP contribution in [0.25, 0.3) is 0 Å². The van der Waals surface area contributed by atoms with Crippen molar-refractivity contribution in [3.8, 4) is 11.5 Å². The van der Waals surface area contributed by atoms with Crippen molar-refractivity contribution in [1.29, 1.82) is 0 Å². The van der Waals surface area contributed by atoms with E-state index in [2.05, 4.69) is 16.3 Å². The molecule has 2 heterocycles. The molecular formula is C27H34FN3O4. The van der Waals surface area contributed by atoms with Gasteiger partial charge in [-0.15, -0.1) is 0 Å². The molecule has 4 rings (SSSR count). The Morgan fingerprint density at radius 2 is 1.83 bits per heavy atom. The van der Waals surface area contributed by atoms with Crippen LogP contribution < -0.4 is 14.8 Å². The van der Waals surface area contributed by atoms with E-state index in [9.17, 15) is 14.0 Å². The minimum atomic E-state index is -0.619. The molecule has 1 atom stereocenters. The van der Waals surface area contributed by atoms with Crippen molar-refractivity contribution >= 4 is 11.8 Å². The molecule has 1 unspecified atom stereocenters. The monoisotopic (exact) mass is 483 g/mol. The molecule has 2 amide bonds. The first-order chi connectivity index (χ1) is 16.9. The van der Waals surface area contributed by atoms with Gasteiger partial charge in [-0.1, -0.05) is 18.2 Å². The lowest BCUT2D eigenvalue weighted by atomic mass is 9.84. The summed E-state index contributed by atoms with van der Waals surface area (Å²) in [6, 6.07) is 12.6. The Labute approximate surface area is 206 Å². The van der Waals surface area contributed by atoms with Crippen molar-refractivity contribution in [3.63, 3.8) is 0 Å². The molecule has 8 heteroatoms. The minimum absolute atomic E-state index is 0.0503. The van der Waals surface area contributed by atoms with Crippen molar-refractivity contribution < 1.29 is 23.5 Å². The van der Waals surface area contributed by atoms with Crippen LogP contribution in [0.3, 0.4) is 0 Å². The van der Waals surface area contributed by atoms with Crippen molar-refractivity contribution in [2.75, 3.05) is 40.4 Å². The molecule has 2 saturated heterocycles. The van der Waals surface area contributed by atoms with Gasteiger partial charge in [0.1, 0.15) is 17.3 Å². The van der Waals surface area contributed by atoms with Crippen LogP contribution >= 0.6 is 0 Å². The summed E-state index contributed by atoms with van der Waals surface area (Å²) in [7, 11) is 3.22. The van der Waals surface area contributed by atoms with Crippen LogP contribution in [-0.4, -0.2) is 67.6 Å². The average molecular weight is 484 g/mol. The van der Waals surface area contributed by atoms with Crippen molar-refractivity contribution in [2.24, 2.45) is 0 Å². The largest absolute Gasteiger partial charge is 0.497 e. The number of hydrogen-bond donors (Lipinski definition) is 1. The topological polar surface area (TPSA) is 71.1 Å². The summed E-state index contributed by atoms with van der Waals surface area (Å²) < 4.78 is 25.2. The quantitative estimate of drug-likeness (QED) is 0.593. The number of para-hydroxylation sites is 1. The molecule has 2 aromatic carbocycles. The van der Waals surface area contributed by atoms with Gasteiger partial charge in [0.05, 0.1) is 14.2 Å². The van der Waals surface area contributed by atoms with E-state index >= 15 is 0 Å². The number of benzene rings is 2. The molecule has 0 radical (unpaired) electrons. The van der Waals surface area contributed by atoms with Gasteiger partial charge in [0.25, 0.3) is 0 Å². The highest BCUT2D eigenvalue weighted by Crippen LogP contribution is 2.32. The van der Waals surface area contributed by atoms with Gasteiger partial charge in [-0.2, -0.15) is 0 Å². The maximum absolute atomic E-state index is 14.5. The molecule has 0 spiro atoms. The third kappa shape index (κ3) is 6.11. The van der Waals surface area contributed by atoms with Crippen LogP contribution in [0.4, 0.5) is 4.39 Å². The molecule has 1 N–H and O–H groups in total. The summed E-state index contributed by atoms with van der Waals surface area (Å²) in [5.74, 6) is 1.15. The van der Waals surface area contributed by atoms with E-state index in [0.717, 1.165) is 30.9 Å². The van der Waals surface area contributed by atoms with Gasteiger partial charge in [0.2, 0.25) is 11.8 Å². The highest BCUT2D eigenvalue weighted by molar-refractivity contribution is 5.80. The van der Waals surface area contributed by atoms with E-state index in [1.807, 2.05) is 23.1 Å². The fourth-order valence-corrected chi connectivity index (χ4v) is 5.09. The number of nitrogens with zero attached hydrogens (tertiary/aromatic N) is 2. The average Bonchev–Trinajstić information content (AvgIpc) is 3.25. The summed E-state index contributed by atoms with van der Waals surface area (Å²) in [4.78, 5) is 29.4. The summed E-state index contributed by atoms with van der Waals surface area (Å²) >= 11 is 0. The Bertz CT molecular complexity index is 1050. The zero-order valence-electron chi connectivity index (χ0n) is 20.5. The predicted molar refractivity (Wildman–Crippen MR) is 131 cm³/mol. The van der Waals surface area contributed by atoms with Crippen LogP contribution in [-0.2, 0) is 22.6 Å². The molecule has 2 aromatic rings. The number of piperazine rings is 1. The van der Waals surface area contributed by atoms with E-state index in [0.29, 0.717) is 56.5 Å². The molecule has 7 nitrogen and oxygen atoms in total. The van der Waals surface area contributed by atoms with Gasteiger partial charge < -0.3 is 19.7 Å². The minimum Gasteiger partial charge on any atom is -0.497 e. The lowest BCUT2D eigenvalue weighted by Crippen LogP contribution is -2.49. The Morgan fingerprint density at radius 1 is 1.06 bits per heavy atom. The number of nitrogens with one attached hydrogen (secondary N) is 1. The van der Waals surface area contributed by atoms with Gasteiger partial charge in [0, 0.05) is 56.7 Å². The van der Waals surface area contributed by atoms with Crippen LogP contribution in [0.1, 0.15) is 36.8 Å². The third-order valence-corrected chi connectivity index (χ3v) is 7.15. The van der Waals surface area contributed by atoms with Crippen LogP contribution in [0.2, 0.25) is 0 Å². The van der Waals surface area contributed by atoms with E-state index < -0.39 is 5.54 Å². The van der Waals surface area contributed by atoms with Crippen LogP contribution in [0, 0.1) is 5.82 Å². The zero-order valence-corrected chi connectivity index (χ0v) is 20.5.